The number of likely N-dealkylation sites (tertiary alicyclic amines) is 1. The molecule has 5 heteroatoms. The lowest BCUT2D eigenvalue weighted by Crippen LogP contribution is -2.41. The number of aromatic nitrogens is 2. The van der Waals surface area contributed by atoms with E-state index in [1.54, 1.807) is 0 Å². The summed E-state index contributed by atoms with van der Waals surface area (Å²) in [7, 11) is 0. The van der Waals surface area contributed by atoms with Gasteiger partial charge in [0.05, 0.1) is 17.9 Å². The largest absolute Gasteiger partial charge is 0.347 e. The molecule has 2 aliphatic rings. The van der Waals surface area contributed by atoms with Crippen molar-refractivity contribution >= 4 is 5.95 Å². The molecule has 1 aromatic rings. The van der Waals surface area contributed by atoms with Crippen LogP contribution in [0.2, 0.25) is 0 Å². The zero-order chi connectivity index (χ0) is 12.4. The van der Waals surface area contributed by atoms with Gasteiger partial charge in [-0.2, -0.15) is 0 Å². The number of hydrogen-bond donors (Lipinski definition) is 1. The lowest BCUT2D eigenvalue weighted by atomic mass is 10.1. The lowest BCUT2D eigenvalue weighted by molar-refractivity contribution is 0.215. The van der Waals surface area contributed by atoms with Crippen LogP contribution < -0.4 is 5.32 Å². The second-order valence-corrected chi connectivity index (χ2v) is 5.47. The number of rotatable bonds is 4. The molecular weight excluding hydrogens is 231 g/mol. The molecular formula is C13H19FN4. The highest BCUT2D eigenvalue weighted by molar-refractivity contribution is 5.33. The van der Waals surface area contributed by atoms with Crippen LogP contribution in [-0.2, 0) is 0 Å². The summed E-state index contributed by atoms with van der Waals surface area (Å²) in [6.07, 6.45) is 8.72. The van der Waals surface area contributed by atoms with Crippen molar-refractivity contribution in [2.75, 3.05) is 25.0 Å². The summed E-state index contributed by atoms with van der Waals surface area (Å²) < 4.78 is 12.7. The highest BCUT2D eigenvalue weighted by atomic mass is 19.1. The maximum atomic E-state index is 12.7. The first-order valence-corrected chi connectivity index (χ1v) is 6.74. The van der Waals surface area contributed by atoms with Gasteiger partial charge in [0.1, 0.15) is 0 Å². The summed E-state index contributed by atoms with van der Waals surface area (Å²) in [6.45, 7) is 3.47. The van der Waals surface area contributed by atoms with Gasteiger partial charge in [-0.15, -0.1) is 0 Å². The standard InChI is InChI=1S/C13H19FN4/c14-11-8-15-12(16-9-11)17-13(4-5-13)10-18-6-2-1-3-7-18/h8-9H,1-7,10H2,(H,15,16,17). The summed E-state index contributed by atoms with van der Waals surface area (Å²) in [6, 6.07) is 0. The van der Waals surface area contributed by atoms with E-state index in [1.807, 2.05) is 0 Å². The second-order valence-electron chi connectivity index (χ2n) is 5.47. The van der Waals surface area contributed by atoms with Gasteiger partial charge in [0.2, 0.25) is 5.95 Å². The number of nitrogens with one attached hydrogen (secondary N) is 1. The molecule has 0 amide bonds. The van der Waals surface area contributed by atoms with Gasteiger partial charge in [-0.3, -0.25) is 0 Å². The number of piperidine rings is 1. The molecule has 1 N–H and O–H groups in total. The molecule has 2 fully saturated rings. The number of halogens is 1. The Morgan fingerprint density at radius 1 is 1.17 bits per heavy atom. The minimum Gasteiger partial charge on any atom is -0.347 e. The molecule has 0 atom stereocenters. The highest BCUT2D eigenvalue weighted by Crippen LogP contribution is 2.39. The van der Waals surface area contributed by atoms with Gasteiger partial charge in [0, 0.05) is 6.54 Å². The topological polar surface area (TPSA) is 41.1 Å². The number of nitrogens with zero attached hydrogens (tertiary/aromatic N) is 3. The van der Waals surface area contributed by atoms with E-state index >= 15 is 0 Å². The van der Waals surface area contributed by atoms with Crippen LogP contribution in [0.1, 0.15) is 32.1 Å². The summed E-state index contributed by atoms with van der Waals surface area (Å²) in [5.41, 5.74) is 0.134. The van der Waals surface area contributed by atoms with Crippen molar-refractivity contribution in [2.24, 2.45) is 0 Å². The van der Waals surface area contributed by atoms with Gasteiger partial charge in [0.15, 0.2) is 5.82 Å². The van der Waals surface area contributed by atoms with Crippen molar-refractivity contribution in [3.63, 3.8) is 0 Å². The molecule has 4 nitrogen and oxygen atoms in total. The van der Waals surface area contributed by atoms with Crippen LogP contribution in [0.5, 0.6) is 0 Å². The third-order valence-corrected chi connectivity index (χ3v) is 3.83. The van der Waals surface area contributed by atoms with Gasteiger partial charge in [-0.1, -0.05) is 6.42 Å². The Bertz CT molecular complexity index is 396. The molecule has 98 valence electrons. The number of hydrogen-bond acceptors (Lipinski definition) is 4. The fraction of sp³-hybridized carbons (Fsp3) is 0.692. The first-order valence-electron chi connectivity index (χ1n) is 6.74. The molecule has 0 aromatic carbocycles. The van der Waals surface area contributed by atoms with E-state index in [0.29, 0.717) is 5.95 Å². The quantitative estimate of drug-likeness (QED) is 0.888. The third kappa shape index (κ3) is 2.77. The van der Waals surface area contributed by atoms with E-state index in [-0.39, 0.29) is 11.4 Å². The maximum Gasteiger partial charge on any atom is 0.223 e. The monoisotopic (exact) mass is 250 g/mol. The minimum atomic E-state index is -0.388. The molecule has 2 heterocycles. The Kier molecular flexibility index (Phi) is 3.16. The van der Waals surface area contributed by atoms with Crippen LogP contribution in [0.25, 0.3) is 0 Å². The van der Waals surface area contributed by atoms with Gasteiger partial charge in [0.25, 0.3) is 0 Å². The van der Waals surface area contributed by atoms with E-state index in [0.717, 1.165) is 19.4 Å². The Balaban J connectivity index is 1.59. The average molecular weight is 250 g/mol. The summed E-state index contributed by atoms with van der Waals surface area (Å²) in [4.78, 5) is 10.5. The van der Waals surface area contributed by atoms with Crippen molar-refractivity contribution in [1.29, 1.82) is 0 Å². The summed E-state index contributed by atoms with van der Waals surface area (Å²) >= 11 is 0. The maximum absolute atomic E-state index is 12.7. The predicted molar refractivity (Wildman–Crippen MR) is 67.9 cm³/mol. The average Bonchev–Trinajstić information content (AvgIpc) is 3.13. The van der Waals surface area contributed by atoms with E-state index in [9.17, 15) is 4.39 Å². The Labute approximate surface area is 107 Å². The summed E-state index contributed by atoms with van der Waals surface area (Å²) in [5, 5.41) is 3.37. The first kappa shape index (κ1) is 11.8. The minimum absolute atomic E-state index is 0.134. The second kappa shape index (κ2) is 4.80. The van der Waals surface area contributed by atoms with Crippen LogP contribution in [0, 0.1) is 5.82 Å². The third-order valence-electron chi connectivity index (χ3n) is 3.83. The van der Waals surface area contributed by atoms with Crippen LogP contribution in [0.4, 0.5) is 10.3 Å². The fourth-order valence-corrected chi connectivity index (χ4v) is 2.63. The molecule has 18 heavy (non-hydrogen) atoms. The van der Waals surface area contributed by atoms with Crippen molar-refractivity contribution in [2.45, 2.75) is 37.6 Å². The normalized spacial score (nSPS) is 22.7. The lowest BCUT2D eigenvalue weighted by Gasteiger charge is -2.30. The zero-order valence-electron chi connectivity index (χ0n) is 10.5. The smallest absolute Gasteiger partial charge is 0.223 e. The van der Waals surface area contributed by atoms with Crippen LogP contribution >= 0.6 is 0 Å². The molecule has 0 spiro atoms. The molecule has 0 radical (unpaired) electrons. The molecule has 1 saturated heterocycles. The van der Waals surface area contributed by atoms with E-state index < -0.39 is 0 Å². The Morgan fingerprint density at radius 2 is 1.83 bits per heavy atom. The van der Waals surface area contributed by atoms with E-state index in [4.69, 9.17) is 0 Å². The van der Waals surface area contributed by atoms with Gasteiger partial charge >= 0.3 is 0 Å². The first-order chi connectivity index (χ1) is 8.76. The fourth-order valence-electron chi connectivity index (χ4n) is 2.63. The van der Waals surface area contributed by atoms with Gasteiger partial charge in [-0.05, 0) is 38.8 Å². The van der Waals surface area contributed by atoms with Crippen LogP contribution in [0.3, 0.4) is 0 Å². The number of anilines is 1. The SMILES string of the molecule is Fc1cnc(NC2(CN3CCCCC3)CC2)nc1. The molecule has 0 bridgehead atoms. The zero-order valence-corrected chi connectivity index (χ0v) is 10.5. The van der Waals surface area contributed by atoms with Crippen molar-refractivity contribution < 1.29 is 4.39 Å². The molecule has 0 unspecified atom stereocenters. The molecule has 1 aliphatic carbocycles. The summed E-state index contributed by atoms with van der Waals surface area (Å²) in [5.74, 6) is 0.160. The van der Waals surface area contributed by atoms with Crippen molar-refractivity contribution in [1.82, 2.24) is 14.9 Å². The van der Waals surface area contributed by atoms with Gasteiger partial charge < -0.3 is 10.2 Å². The molecule has 1 aliphatic heterocycles. The van der Waals surface area contributed by atoms with Crippen LogP contribution in [0.15, 0.2) is 12.4 Å². The molecule has 3 rings (SSSR count). The van der Waals surface area contributed by atoms with Gasteiger partial charge in [-0.25, -0.2) is 14.4 Å². The predicted octanol–water partition coefficient (Wildman–Crippen LogP) is 2.05. The Hall–Kier alpha value is -1.23. The Morgan fingerprint density at radius 3 is 2.44 bits per heavy atom. The molecule has 1 saturated carbocycles. The highest BCUT2D eigenvalue weighted by Gasteiger charge is 2.44. The van der Waals surface area contributed by atoms with E-state index in [1.165, 1.54) is 44.7 Å². The van der Waals surface area contributed by atoms with Crippen molar-refractivity contribution in [3.05, 3.63) is 18.2 Å². The molecule has 1 aromatic heterocycles. The van der Waals surface area contributed by atoms with Crippen LogP contribution in [-0.4, -0.2) is 40.0 Å². The van der Waals surface area contributed by atoms with E-state index in [2.05, 4.69) is 20.2 Å². The van der Waals surface area contributed by atoms with Crippen molar-refractivity contribution in [3.8, 4) is 0 Å².